The average molecular weight is 323 g/mol. The van der Waals surface area contributed by atoms with Crippen LogP contribution in [0, 0.1) is 17.1 Å². The molecule has 4 heteroatoms. The number of para-hydroxylation sites is 1. The SMILES string of the molecule is CN(Cc1cc(C#N)ccc1F)Cc1ccccc1N1CCCC1. The van der Waals surface area contributed by atoms with Crippen LogP contribution < -0.4 is 4.90 Å². The van der Waals surface area contributed by atoms with E-state index in [1.807, 2.05) is 7.05 Å². The molecule has 2 aromatic carbocycles. The Morgan fingerprint density at radius 2 is 1.79 bits per heavy atom. The van der Waals surface area contributed by atoms with Crippen LogP contribution in [0.1, 0.15) is 29.5 Å². The molecule has 3 rings (SSSR count). The predicted octanol–water partition coefficient (Wildman–Crippen LogP) is 3.93. The minimum Gasteiger partial charge on any atom is -0.371 e. The summed E-state index contributed by atoms with van der Waals surface area (Å²) in [6.45, 7) is 3.46. The van der Waals surface area contributed by atoms with Crippen LogP contribution in [-0.2, 0) is 13.1 Å². The lowest BCUT2D eigenvalue weighted by Gasteiger charge is -2.24. The van der Waals surface area contributed by atoms with Crippen molar-refractivity contribution in [2.75, 3.05) is 25.0 Å². The molecule has 1 heterocycles. The first-order chi connectivity index (χ1) is 11.7. The van der Waals surface area contributed by atoms with Gasteiger partial charge in [0, 0.05) is 37.4 Å². The molecule has 1 saturated heterocycles. The summed E-state index contributed by atoms with van der Waals surface area (Å²) in [6.07, 6.45) is 2.49. The molecule has 0 saturated carbocycles. The van der Waals surface area contributed by atoms with Gasteiger partial charge in [-0.1, -0.05) is 18.2 Å². The predicted molar refractivity (Wildman–Crippen MR) is 94.2 cm³/mol. The zero-order valence-electron chi connectivity index (χ0n) is 14.0. The Bertz CT molecular complexity index is 745. The maximum absolute atomic E-state index is 14.0. The van der Waals surface area contributed by atoms with E-state index >= 15 is 0 Å². The van der Waals surface area contributed by atoms with Gasteiger partial charge in [0.05, 0.1) is 11.6 Å². The summed E-state index contributed by atoms with van der Waals surface area (Å²) in [5, 5.41) is 8.99. The van der Waals surface area contributed by atoms with E-state index in [-0.39, 0.29) is 5.82 Å². The molecule has 0 radical (unpaired) electrons. The average Bonchev–Trinajstić information content (AvgIpc) is 3.11. The molecular formula is C20H22FN3. The van der Waals surface area contributed by atoms with E-state index in [4.69, 9.17) is 5.26 Å². The highest BCUT2D eigenvalue weighted by molar-refractivity contribution is 5.54. The molecule has 2 aromatic rings. The number of nitrogens with zero attached hydrogens (tertiary/aromatic N) is 3. The number of nitriles is 1. The number of anilines is 1. The smallest absolute Gasteiger partial charge is 0.127 e. The van der Waals surface area contributed by atoms with E-state index < -0.39 is 0 Å². The first kappa shape index (κ1) is 16.5. The standard InChI is InChI=1S/C20H22FN3/c1-23(15-18-12-16(13-22)8-9-19(18)21)14-17-6-2-3-7-20(17)24-10-4-5-11-24/h2-3,6-9,12H,4-5,10-11,14-15H2,1H3. The zero-order valence-corrected chi connectivity index (χ0v) is 14.0. The van der Waals surface area contributed by atoms with Crippen LogP contribution >= 0.6 is 0 Å². The van der Waals surface area contributed by atoms with E-state index in [1.54, 1.807) is 6.07 Å². The first-order valence-electron chi connectivity index (χ1n) is 8.37. The zero-order chi connectivity index (χ0) is 16.9. The summed E-state index contributed by atoms with van der Waals surface area (Å²) in [4.78, 5) is 4.52. The molecule has 0 spiro atoms. The van der Waals surface area contributed by atoms with Crippen LogP contribution in [0.25, 0.3) is 0 Å². The molecular weight excluding hydrogens is 301 g/mol. The van der Waals surface area contributed by atoms with Gasteiger partial charge < -0.3 is 4.90 Å². The van der Waals surface area contributed by atoms with Crippen molar-refractivity contribution in [3.05, 3.63) is 65.0 Å². The highest BCUT2D eigenvalue weighted by Crippen LogP contribution is 2.26. The van der Waals surface area contributed by atoms with E-state index in [1.165, 1.54) is 36.2 Å². The normalized spacial score (nSPS) is 14.2. The van der Waals surface area contributed by atoms with E-state index in [9.17, 15) is 4.39 Å². The van der Waals surface area contributed by atoms with Gasteiger partial charge in [-0.2, -0.15) is 5.26 Å². The quantitative estimate of drug-likeness (QED) is 0.835. The maximum atomic E-state index is 14.0. The maximum Gasteiger partial charge on any atom is 0.127 e. The first-order valence-corrected chi connectivity index (χ1v) is 8.37. The third kappa shape index (κ3) is 3.74. The number of halogens is 1. The van der Waals surface area contributed by atoms with Crippen molar-refractivity contribution in [3.63, 3.8) is 0 Å². The van der Waals surface area contributed by atoms with Gasteiger partial charge in [0.1, 0.15) is 5.82 Å². The van der Waals surface area contributed by atoms with Crippen molar-refractivity contribution in [2.45, 2.75) is 25.9 Å². The summed E-state index contributed by atoms with van der Waals surface area (Å²) in [6, 6.07) is 15.0. The minimum atomic E-state index is -0.256. The van der Waals surface area contributed by atoms with E-state index in [0.29, 0.717) is 17.7 Å². The lowest BCUT2D eigenvalue weighted by atomic mass is 10.1. The lowest BCUT2D eigenvalue weighted by Crippen LogP contribution is -2.23. The third-order valence-corrected chi connectivity index (χ3v) is 4.49. The highest BCUT2D eigenvalue weighted by Gasteiger charge is 2.16. The van der Waals surface area contributed by atoms with Gasteiger partial charge >= 0.3 is 0 Å². The molecule has 1 aliphatic heterocycles. The van der Waals surface area contributed by atoms with Crippen LogP contribution in [-0.4, -0.2) is 25.0 Å². The van der Waals surface area contributed by atoms with Crippen molar-refractivity contribution >= 4 is 5.69 Å². The van der Waals surface area contributed by atoms with Crippen molar-refractivity contribution in [1.29, 1.82) is 5.26 Å². The van der Waals surface area contributed by atoms with Crippen LogP contribution in [0.3, 0.4) is 0 Å². The van der Waals surface area contributed by atoms with Crippen LogP contribution in [0.4, 0.5) is 10.1 Å². The second-order valence-corrected chi connectivity index (χ2v) is 6.41. The number of hydrogen-bond donors (Lipinski definition) is 0. The topological polar surface area (TPSA) is 30.3 Å². The molecule has 1 aliphatic rings. The van der Waals surface area contributed by atoms with E-state index in [0.717, 1.165) is 19.6 Å². The second-order valence-electron chi connectivity index (χ2n) is 6.41. The summed E-state index contributed by atoms with van der Waals surface area (Å²) >= 11 is 0. The summed E-state index contributed by atoms with van der Waals surface area (Å²) in [5.41, 5.74) is 3.61. The minimum absolute atomic E-state index is 0.256. The fourth-order valence-corrected chi connectivity index (χ4v) is 3.31. The Labute approximate surface area is 142 Å². The second kappa shape index (κ2) is 7.46. The fourth-order valence-electron chi connectivity index (χ4n) is 3.31. The number of hydrogen-bond acceptors (Lipinski definition) is 3. The van der Waals surface area contributed by atoms with Crippen LogP contribution in [0.2, 0.25) is 0 Å². The van der Waals surface area contributed by atoms with E-state index in [2.05, 4.69) is 40.1 Å². The fraction of sp³-hybridized carbons (Fsp3) is 0.350. The molecule has 0 aliphatic carbocycles. The van der Waals surface area contributed by atoms with Gasteiger partial charge in [0.15, 0.2) is 0 Å². The van der Waals surface area contributed by atoms with Gasteiger partial charge in [0.25, 0.3) is 0 Å². The van der Waals surface area contributed by atoms with Crippen molar-refractivity contribution in [3.8, 4) is 6.07 Å². The van der Waals surface area contributed by atoms with Crippen molar-refractivity contribution in [1.82, 2.24) is 4.90 Å². The van der Waals surface area contributed by atoms with Gasteiger partial charge in [0.2, 0.25) is 0 Å². The summed E-state index contributed by atoms with van der Waals surface area (Å²) in [7, 11) is 1.99. The Balaban J connectivity index is 1.74. The molecule has 0 amide bonds. The van der Waals surface area contributed by atoms with Crippen LogP contribution in [0.5, 0.6) is 0 Å². The molecule has 3 nitrogen and oxygen atoms in total. The Kier molecular flexibility index (Phi) is 5.12. The molecule has 124 valence electrons. The van der Waals surface area contributed by atoms with Gasteiger partial charge in [-0.05, 0) is 49.7 Å². The summed E-state index contributed by atoms with van der Waals surface area (Å²) < 4.78 is 14.0. The molecule has 0 atom stereocenters. The Hall–Kier alpha value is -2.38. The number of rotatable bonds is 5. The highest BCUT2D eigenvalue weighted by atomic mass is 19.1. The summed E-state index contributed by atoms with van der Waals surface area (Å²) in [5.74, 6) is -0.256. The Morgan fingerprint density at radius 3 is 2.54 bits per heavy atom. The Morgan fingerprint density at radius 1 is 1.08 bits per heavy atom. The van der Waals surface area contributed by atoms with Gasteiger partial charge in [-0.15, -0.1) is 0 Å². The lowest BCUT2D eigenvalue weighted by molar-refractivity contribution is 0.313. The largest absolute Gasteiger partial charge is 0.371 e. The van der Waals surface area contributed by atoms with Gasteiger partial charge in [-0.25, -0.2) is 4.39 Å². The van der Waals surface area contributed by atoms with Crippen LogP contribution in [0.15, 0.2) is 42.5 Å². The van der Waals surface area contributed by atoms with Crippen molar-refractivity contribution < 1.29 is 4.39 Å². The van der Waals surface area contributed by atoms with Crippen molar-refractivity contribution in [2.24, 2.45) is 0 Å². The third-order valence-electron chi connectivity index (χ3n) is 4.49. The number of benzene rings is 2. The monoisotopic (exact) mass is 323 g/mol. The molecule has 0 bridgehead atoms. The molecule has 0 N–H and O–H groups in total. The van der Waals surface area contributed by atoms with Gasteiger partial charge in [-0.3, -0.25) is 4.90 Å². The molecule has 0 aromatic heterocycles. The molecule has 0 unspecified atom stereocenters. The molecule has 24 heavy (non-hydrogen) atoms. The molecule has 1 fully saturated rings.